The van der Waals surface area contributed by atoms with Gasteiger partial charge in [0.1, 0.15) is 0 Å². The van der Waals surface area contributed by atoms with Gasteiger partial charge >= 0.3 is 0 Å². The van der Waals surface area contributed by atoms with Crippen molar-refractivity contribution in [1.82, 2.24) is 15.5 Å². The van der Waals surface area contributed by atoms with Gasteiger partial charge in [-0.25, -0.2) is 0 Å². The lowest BCUT2D eigenvalue weighted by molar-refractivity contribution is -0.125. The molecule has 88 valence electrons. The molecule has 0 saturated heterocycles. The molecule has 3 N–H and O–H groups in total. The Hall–Kier alpha value is -1.43. The molecule has 6 nitrogen and oxygen atoms in total. The number of carbonyl (C=O) groups excluding carboxylic acids is 1. The van der Waals surface area contributed by atoms with E-state index in [1.165, 1.54) is 0 Å². The van der Waals surface area contributed by atoms with Gasteiger partial charge in [-0.15, -0.1) is 0 Å². The summed E-state index contributed by atoms with van der Waals surface area (Å²) in [4.78, 5) is 15.7. The van der Waals surface area contributed by atoms with Gasteiger partial charge in [0.25, 0.3) is 0 Å². The molecule has 0 radical (unpaired) electrons. The summed E-state index contributed by atoms with van der Waals surface area (Å²) in [7, 11) is 0. The lowest BCUT2D eigenvalue weighted by Gasteiger charge is -2.08. The lowest BCUT2D eigenvalue weighted by Crippen LogP contribution is -2.30. The van der Waals surface area contributed by atoms with Crippen LogP contribution in [0.5, 0.6) is 0 Å². The third kappa shape index (κ3) is 2.57. The quantitative estimate of drug-likeness (QED) is 0.760. The van der Waals surface area contributed by atoms with E-state index in [0.717, 1.165) is 19.3 Å². The highest BCUT2D eigenvalue weighted by molar-refractivity contribution is 5.78. The summed E-state index contributed by atoms with van der Waals surface area (Å²) in [5.41, 5.74) is 5.75. The summed E-state index contributed by atoms with van der Waals surface area (Å²) in [5.74, 6) is 1.09. The first-order valence-electron chi connectivity index (χ1n) is 5.47. The van der Waals surface area contributed by atoms with E-state index in [0.29, 0.717) is 18.3 Å². The second-order valence-electron chi connectivity index (χ2n) is 4.22. The molecule has 0 aliphatic heterocycles. The van der Waals surface area contributed by atoms with E-state index in [1.807, 2.05) is 0 Å². The number of nitrogens with zero attached hydrogens (tertiary/aromatic N) is 2. The van der Waals surface area contributed by atoms with Crippen LogP contribution in [0, 0.1) is 12.8 Å². The van der Waals surface area contributed by atoms with E-state index in [-0.39, 0.29) is 17.9 Å². The van der Waals surface area contributed by atoms with Crippen LogP contribution in [0.25, 0.3) is 0 Å². The number of hydrogen-bond donors (Lipinski definition) is 2. The molecular formula is C10H16N4O2. The molecule has 2 atom stereocenters. The van der Waals surface area contributed by atoms with Crippen molar-refractivity contribution in [2.45, 2.75) is 38.8 Å². The Bertz CT molecular complexity index is 377. The molecule has 1 aromatic heterocycles. The minimum atomic E-state index is 0.0313. The summed E-state index contributed by atoms with van der Waals surface area (Å²) < 4.78 is 4.90. The molecule has 0 bridgehead atoms. The van der Waals surface area contributed by atoms with E-state index < -0.39 is 0 Å². The van der Waals surface area contributed by atoms with Crippen molar-refractivity contribution in [2.75, 3.05) is 0 Å². The Labute approximate surface area is 93.6 Å². The number of aromatic nitrogens is 2. The number of nitrogens with two attached hydrogens (primary N) is 1. The molecule has 1 heterocycles. The maximum atomic E-state index is 11.7. The summed E-state index contributed by atoms with van der Waals surface area (Å²) in [5, 5.41) is 6.43. The molecule has 1 fully saturated rings. The average molecular weight is 224 g/mol. The van der Waals surface area contributed by atoms with Crippen molar-refractivity contribution in [3.05, 3.63) is 11.7 Å². The number of rotatable bonds is 3. The van der Waals surface area contributed by atoms with Crippen molar-refractivity contribution in [1.29, 1.82) is 0 Å². The molecule has 2 rings (SSSR count). The van der Waals surface area contributed by atoms with Crippen LogP contribution >= 0.6 is 0 Å². The zero-order valence-electron chi connectivity index (χ0n) is 9.27. The first-order valence-corrected chi connectivity index (χ1v) is 5.47. The Morgan fingerprint density at radius 2 is 2.44 bits per heavy atom. The molecule has 1 aliphatic rings. The van der Waals surface area contributed by atoms with Crippen LogP contribution in [0.3, 0.4) is 0 Å². The van der Waals surface area contributed by atoms with Crippen molar-refractivity contribution in [3.63, 3.8) is 0 Å². The highest BCUT2D eigenvalue weighted by Crippen LogP contribution is 2.24. The van der Waals surface area contributed by atoms with Crippen molar-refractivity contribution in [3.8, 4) is 0 Å². The SMILES string of the molecule is Cc1noc(CNC(=O)C2CCC(N)C2)n1. The fraction of sp³-hybridized carbons (Fsp3) is 0.700. The first-order chi connectivity index (χ1) is 7.65. The molecule has 6 heteroatoms. The van der Waals surface area contributed by atoms with Crippen LogP contribution in [0.1, 0.15) is 31.0 Å². The standard InChI is InChI=1S/C10H16N4O2/c1-6-13-9(16-14-6)5-12-10(15)7-2-3-8(11)4-7/h7-8H,2-5,11H2,1H3,(H,12,15). The number of amides is 1. The van der Waals surface area contributed by atoms with Gasteiger partial charge in [0.2, 0.25) is 11.8 Å². The number of hydrogen-bond acceptors (Lipinski definition) is 5. The van der Waals surface area contributed by atoms with Gasteiger partial charge < -0.3 is 15.6 Å². The minimum Gasteiger partial charge on any atom is -0.347 e. The lowest BCUT2D eigenvalue weighted by atomic mass is 10.1. The van der Waals surface area contributed by atoms with E-state index in [9.17, 15) is 4.79 Å². The van der Waals surface area contributed by atoms with Crippen LogP contribution in [0.2, 0.25) is 0 Å². The largest absolute Gasteiger partial charge is 0.347 e. The predicted molar refractivity (Wildman–Crippen MR) is 56.2 cm³/mol. The van der Waals surface area contributed by atoms with Gasteiger partial charge in [-0.3, -0.25) is 4.79 Å². The van der Waals surface area contributed by atoms with Crippen LogP contribution in [-0.4, -0.2) is 22.1 Å². The van der Waals surface area contributed by atoms with Gasteiger partial charge in [-0.1, -0.05) is 5.16 Å². The molecule has 0 aromatic carbocycles. The molecule has 1 amide bonds. The maximum absolute atomic E-state index is 11.7. The predicted octanol–water partition coefficient (Wildman–Crippen LogP) is 0.122. The van der Waals surface area contributed by atoms with E-state index in [2.05, 4.69) is 15.5 Å². The number of carbonyl (C=O) groups is 1. The molecular weight excluding hydrogens is 208 g/mol. The van der Waals surface area contributed by atoms with Gasteiger partial charge in [0.15, 0.2) is 5.82 Å². The zero-order chi connectivity index (χ0) is 11.5. The van der Waals surface area contributed by atoms with Crippen LogP contribution in [0.15, 0.2) is 4.52 Å². The highest BCUT2D eigenvalue weighted by Gasteiger charge is 2.27. The topological polar surface area (TPSA) is 94.0 Å². The van der Waals surface area contributed by atoms with Crippen molar-refractivity contribution >= 4 is 5.91 Å². The molecule has 0 spiro atoms. The van der Waals surface area contributed by atoms with E-state index >= 15 is 0 Å². The fourth-order valence-electron chi connectivity index (χ4n) is 1.97. The monoisotopic (exact) mass is 224 g/mol. The Morgan fingerprint density at radius 3 is 3.00 bits per heavy atom. The number of nitrogens with one attached hydrogen (secondary N) is 1. The molecule has 1 aliphatic carbocycles. The van der Waals surface area contributed by atoms with E-state index in [4.69, 9.17) is 10.3 Å². The Balaban J connectivity index is 1.80. The minimum absolute atomic E-state index is 0.0313. The summed E-state index contributed by atoms with van der Waals surface area (Å²) in [6.45, 7) is 2.04. The van der Waals surface area contributed by atoms with Gasteiger partial charge in [-0.05, 0) is 26.2 Å². The van der Waals surface area contributed by atoms with Gasteiger partial charge in [0, 0.05) is 12.0 Å². The molecule has 16 heavy (non-hydrogen) atoms. The second kappa shape index (κ2) is 4.61. The van der Waals surface area contributed by atoms with E-state index in [1.54, 1.807) is 6.92 Å². The van der Waals surface area contributed by atoms with Gasteiger partial charge in [-0.2, -0.15) is 4.98 Å². The van der Waals surface area contributed by atoms with Crippen LogP contribution in [-0.2, 0) is 11.3 Å². The second-order valence-corrected chi connectivity index (χ2v) is 4.22. The smallest absolute Gasteiger partial charge is 0.246 e. The summed E-state index contributed by atoms with van der Waals surface area (Å²) >= 11 is 0. The third-order valence-corrected chi connectivity index (χ3v) is 2.83. The Morgan fingerprint density at radius 1 is 1.62 bits per heavy atom. The average Bonchev–Trinajstić information content (AvgIpc) is 2.84. The van der Waals surface area contributed by atoms with Crippen LogP contribution < -0.4 is 11.1 Å². The zero-order valence-corrected chi connectivity index (χ0v) is 9.27. The normalized spacial score (nSPS) is 24.6. The summed E-state index contributed by atoms with van der Waals surface area (Å²) in [6.07, 6.45) is 2.57. The highest BCUT2D eigenvalue weighted by atomic mass is 16.5. The van der Waals surface area contributed by atoms with Crippen LogP contribution in [0.4, 0.5) is 0 Å². The molecule has 2 unspecified atom stereocenters. The van der Waals surface area contributed by atoms with Crippen molar-refractivity contribution < 1.29 is 9.32 Å². The number of aryl methyl sites for hydroxylation is 1. The van der Waals surface area contributed by atoms with Gasteiger partial charge in [0.05, 0.1) is 6.54 Å². The third-order valence-electron chi connectivity index (χ3n) is 2.83. The summed E-state index contributed by atoms with van der Waals surface area (Å²) in [6, 6.07) is 0.168. The van der Waals surface area contributed by atoms with Crippen molar-refractivity contribution in [2.24, 2.45) is 11.7 Å². The Kier molecular flexibility index (Phi) is 3.19. The first kappa shape index (κ1) is 11.1. The molecule has 1 saturated carbocycles. The molecule has 1 aromatic rings. The maximum Gasteiger partial charge on any atom is 0.246 e. The fourth-order valence-corrected chi connectivity index (χ4v) is 1.97.